The molecular weight excluding hydrogens is 418 g/mol. The molecule has 0 aromatic heterocycles. The minimum Gasteiger partial charge on any atom is -0.341 e. The van der Waals surface area contributed by atoms with E-state index in [0.29, 0.717) is 17.8 Å². The number of carbonyl (C=O) groups excluding carboxylic acids is 2. The highest BCUT2D eigenvalue weighted by molar-refractivity contribution is 7.97. The summed E-state index contributed by atoms with van der Waals surface area (Å²) in [6.45, 7) is 9.76. The summed E-state index contributed by atoms with van der Waals surface area (Å²) in [5.74, 6) is 1.82. The van der Waals surface area contributed by atoms with Gasteiger partial charge < -0.3 is 10.2 Å². The van der Waals surface area contributed by atoms with Crippen molar-refractivity contribution in [2.24, 2.45) is 17.8 Å². The van der Waals surface area contributed by atoms with Crippen molar-refractivity contribution >= 4 is 29.4 Å². The van der Waals surface area contributed by atoms with Crippen LogP contribution in [0.2, 0.25) is 0 Å². The van der Waals surface area contributed by atoms with Gasteiger partial charge in [0.15, 0.2) is 0 Å². The number of allylic oxidation sites excluding steroid dienone is 4. The summed E-state index contributed by atoms with van der Waals surface area (Å²) in [6, 6.07) is 5.66. The fourth-order valence-electron chi connectivity index (χ4n) is 4.34. The Bertz CT molecular complexity index is 859. The Balaban J connectivity index is 1.66. The summed E-state index contributed by atoms with van der Waals surface area (Å²) < 4.78 is 3.50. The molecule has 6 heteroatoms. The molecule has 1 fully saturated rings. The van der Waals surface area contributed by atoms with Crippen LogP contribution >= 0.6 is 11.9 Å². The van der Waals surface area contributed by atoms with Crippen molar-refractivity contribution < 1.29 is 9.59 Å². The molecule has 1 heterocycles. The minimum atomic E-state index is -0.214. The number of rotatable bonds is 8. The second-order valence-corrected chi connectivity index (χ2v) is 10.2. The predicted molar refractivity (Wildman–Crippen MR) is 133 cm³/mol. The first-order valence-electron chi connectivity index (χ1n) is 11.8. The molecule has 0 radical (unpaired) electrons. The number of anilines is 1. The van der Waals surface area contributed by atoms with Crippen molar-refractivity contribution in [2.75, 3.05) is 18.4 Å². The number of nitrogens with zero attached hydrogens (tertiary/aromatic N) is 1. The molecule has 174 valence electrons. The zero-order chi connectivity index (χ0) is 23.1. The number of amides is 2. The van der Waals surface area contributed by atoms with Crippen LogP contribution in [0.3, 0.4) is 0 Å². The molecule has 3 unspecified atom stereocenters. The SMILES string of the molecule is CC(=O)Nc1ccc(SNC(CCC2C=CC=CC2C)C(=O)N2CCC(C)CC2)c(C)c1. The molecule has 2 amide bonds. The highest BCUT2D eigenvalue weighted by Gasteiger charge is 2.28. The van der Waals surface area contributed by atoms with Gasteiger partial charge in [-0.25, -0.2) is 4.72 Å². The standard InChI is InChI=1S/C26H37N3O2S/c1-18-13-15-29(16-14-18)26(31)24(11-9-22-8-6-5-7-19(22)2)28-32-25-12-10-23(17-20(25)3)27-21(4)30/h5-8,10,12,17-19,22,24,28H,9,11,13-16H2,1-4H3,(H,27,30). The van der Waals surface area contributed by atoms with Gasteiger partial charge in [-0.15, -0.1) is 0 Å². The van der Waals surface area contributed by atoms with Crippen molar-refractivity contribution in [1.82, 2.24) is 9.62 Å². The molecule has 5 nitrogen and oxygen atoms in total. The number of benzene rings is 1. The van der Waals surface area contributed by atoms with Gasteiger partial charge in [0.2, 0.25) is 11.8 Å². The van der Waals surface area contributed by atoms with E-state index in [1.807, 2.05) is 30.0 Å². The third-order valence-electron chi connectivity index (χ3n) is 6.55. The van der Waals surface area contributed by atoms with Gasteiger partial charge in [-0.3, -0.25) is 9.59 Å². The molecule has 0 bridgehead atoms. The van der Waals surface area contributed by atoms with Gasteiger partial charge in [-0.05, 0) is 86.1 Å². The number of hydrogen-bond donors (Lipinski definition) is 2. The lowest BCUT2D eigenvalue weighted by atomic mass is 9.85. The average Bonchev–Trinajstić information content (AvgIpc) is 2.76. The molecule has 0 spiro atoms. The van der Waals surface area contributed by atoms with Crippen LogP contribution in [0.15, 0.2) is 47.4 Å². The fraction of sp³-hybridized carbons (Fsp3) is 0.538. The first-order chi connectivity index (χ1) is 15.3. The Hall–Kier alpha value is -2.05. The van der Waals surface area contributed by atoms with Crippen LogP contribution in [-0.4, -0.2) is 35.8 Å². The molecule has 32 heavy (non-hydrogen) atoms. The zero-order valence-corrected chi connectivity index (χ0v) is 20.6. The van der Waals surface area contributed by atoms with E-state index in [2.05, 4.69) is 48.2 Å². The highest BCUT2D eigenvalue weighted by atomic mass is 32.2. The molecule has 2 aliphatic rings. The molecule has 1 saturated heterocycles. The van der Waals surface area contributed by atoms with E-state index in [1.54, 1.807) is 0 Å². The largest absolute Gasteiger partial charge is 0.341 e. The van der Waals surface area contributed by atoms with Gasteiger partial charge in [0, 0.05) is 30.6 Å². The molecule has 1 aliphatic heterocycles. The first kappa shape index (κ1) is 24.6. The lowest BCUT2D eigenvalue weighted by molar-refractivity contribution is -0.134. The van der Waals surface area contributed by atoms with Gasteiger partial charge >= 0.3 is 0 Å². The van der Waals surface area contributed by atoms with Gasteiger partial charge in [0.05, 0.1) is 6.04 Å². The van der Waals surface area contributed by atoms with Crippen LogP contribution in [0, 0.1) is 24.7 Å². The predicted octanol–water partition coefficient (Wildman–Crippen LogP) is 5.34. The number of nitrogens with one attached hydrogen (secondary N) is 2. The number of likely N-dealkylation sites (tertiary alicyclic amines) is 1. The van der Waals surface area contributed by atoms with Gasteiger partial charge in [0.1, 0.15) is 0 Å². The Morgan fingerprint density at radius 2 is 1.88 bits per heavy atom. The number of hydrogen-bond acceptors (Lipinski definition) is 4. The summed E-state index contributed by atoms with van der Waals surface area (Å²) in [6.07, 6.45) is 12.7. The Morgan fingerprint density at radius 1 is 1.16 bits per heavy atom. The molecule has 1 aromatic rings. The quantitative estimate of drug-likeness (QED) is 0.520. The topological polar surface area (TPSA) is 61.4 Å². The van der Waals surface area contributed by atoms with E-state index in [-0.39, 0.29) is 17.9 Å². The number of carbonyl (C=O) groups is 2. The summed E-state index contributed by atoms with van der Waals surface area (Å²) in [5.41, 5.74) is 1.86. The van der Waals surface area contributed by atoms with Crippen molar-refractivity contribution in [3.05, 3.63) is 48.1 Å². The van der Waals surface area contributed by atoms with E-state index in [4.69, 9.17) is 0 Å². The fourth-order valence-corrected chi connectivity index (χ4v) is 5.19. The molecule has 0 saturated carbocycles. The molecule has 1 aromatic carbocycles. The molecule has 1 aliphatic carbocycles. The highest BCUT2D eigenvalue weighted by Crippen LogP contribution is 2.28. The van der Waals surface area contributed by atoms with E-state index < -0.39 is 0 Å². The normalized spacial score (nSPS) is 22.1. The summed E-state index contributed by atoms with van der Waals surface area (Å²) in [5, 5.41) is 2.82. The maximum atomic E-state index is 13.4. The van der Waals surface area contributed by atoms with Crippen LogP contribution in [0.5, 0.6) is 0 Å². The van der Waals surface area contributed by atoms with Gasteiger partial charge in [0.25, 0.3) is 0 Å². The molecular formula is C26H37N3O2S. The van der Waals surface area contributed by atoms with Gasteiger partial charge in [-0.1, -0.05) is 38.2 Å². The zero-order valence-electron chi connectivity index (χ0n) is 19.8. The van der Waals surface area contributed by atoms with Gasteiger partial charge in [-0.2, -0.15) is 0 Å². The van der Waals surface area contributed by atoms with Crippen LogP contribution in [0.25, 0.3) is 0 Å². The smallest absolute Gasteiger partial charge is 0.240 e. The molecule has 3 rings (SSSR count). The van der Waals surface area contributed by atoms with E-state index in [1.165, 1.54) is 18.9 Å². The lowest BCUT2D eigenvalue weighted by Crippen LogP contribution is -2.47. The number of aryl methyl sites for hydroxylation is 1. The maximum absolute atomic E-state index is 13.4. The van der Waals surface area contributed by atoms with Crippen LogP contribution < -0.4 is 10.0 Å². The Morgan fingerprint density at radius 3 is 2.53 bits per heavy atom. The van der Waals surface area contributed by atoms with E-state index >= 15 is 0 Å². The van der Waals surface area contributed by atoms with Crippen LogP contribution in [0.1, 0.15) is 52.0 Å². The summed E-state index contributed by atoms with van der Waals surface area (Å²) in [7, 11) is 0. The monoisotopic (exact) mass is 455 g/mol. The second-order valence-electron chi connectivity index (χ2n) is 9.31. The van der Waals surface area contributed by atoms with Crippen molar-refractivity contribution in [2.45, 2.75) is 64.3 Å². The lowest BCUT2D eigenvalue weighted by Gasteiger charge is -2.33. The summed E-state index contributed by atoms with van der Waals surface area (Å²) >= 11 is 1.52. The van der Waals surface area contributed by atoms with Crippen LogP contribution in [-0.2, 0) is 9.59 Å². The Kier molecular flexibility index (Phi) is 9.00. The van der Waals surface area contributed by atoms with Crippen molar-refractivity contribution in [3.63, 3.8) is 0 Å². The number of piperidine rings is 1. The van der Waals surface area contributed by atoms with E-state index in [9.17, 15) is 9.59 Å². The van der Waals surface area contributed by atoms with Crippen molar-refractivity contribution in [3.8, 4) is 0 Å². The molecule has 3 atom stereocenters. The first-order valence-corrected chi connectivity index (χ1v) is 12.6. The van der Waals surface area contributed by atoms with Crippen LogP contribution in [0.4, 0.5) is 5.69 Å². The van der Waals surface area contributed by atoms with E-state index in [0.717, 1.165) is 54.9 Å². The summed E-state index contributed by atoms with van der Waals surface area (Å²) in [4.78, 5) is 27.8. The van der Waals surface area contributed by atoms with Crippen molar-refractivity contribution in [1.29, 1.82) is 0 Å². The average molecular weight is 456 g/mol. The third-order valence-corrected chi connectivity index (χ3v) is 7.63. The maximum Gasteiger partial charge on any atom is 0.240 e. The molecule has 2 N–H and O–H groups in total. The minimum absolute atomic E-state index is 0.0784. The second kappa shape index (κ2) is 11.7. The Labute approximate surface area is 197 Å². The third kappa shape index (κ3) is 6.97.